The first-order chi connectivity index (χ1) is 5.98. The molecule has 0 saturated heterocycles. The fourth-order valence-electron chi connectivity index (χ4n) is 1.17. The Hall–Kier alpha value is -0.120. The summed E-state index contributed by atoms with van der Waals surface area (Å²) in [7, 11) is 0. The smallest absolute Gasteiger partial charge is 0.0137 e. The minimum absolute atomic E-state index is 0. The molecule has 0 aliphatic heterocycles. The lowest BCUT2D eigenvalue weighted by atomic mass is 10.0. The van der Waals surface area contributed by atoms with Crippen molar-refractivity contribution in [2.24, 2.45) is 5.73 Å². The predicted octanol–water partition coefficient (Wildman–Crippen LogP) is 1.34. The van der Waals surface area contributed by atoms with Crippen molar-refractivity contribution in [2.45, 2.75) is 53.1 Å². The molecule has 3 heteroatoms. The summed E-state index contributed by atoms with van der Waals surface area (Å²) in [4.78, 5) is 0. The Balaban J connectivity index is 0. The molecule has 0 radical (unpaired) electrons. The van der Waals surface area contributed by atoms with Gasteiger partial charge in [-0.3, -0.25) is 0 Å². The van der Waals surface area contributed by atoms with Crippen molar-refractivity contribution >= 4 is 0 Å². The second-order valence-electron chi connectivity index (χ2n) is 4.46. The third-order valence-electron chi connectivity index (χ3n) is 2.05. The van der Waals surface area contributed by atoms with Crippen LogP contribution in [0.3, 0.4) is 0 Å². The maximum Gasteiger partial charge on any atom is 0.0137 e. The molecule has 0 amide bonds. The van der Waals surface area contributed by atoms with Crippen LogP contribution in [0, 0.1) is 0 Å². The molecule has 0 aromatic rings. The topological polar surface area (TPSA) is 50.1 Å². The van der Waals surface area contributed by atoms with Crippen LogP contribution in [0.1, 0.15) is 41.5 Å². The summed E-state index contributed by atoms with van der Waals surface area (Å²) in [5.74, 6) is 0. The fourth-order valence-corrected chi connectivity index (χ4v) is 1.17. The third-order valence-corrected chi connectivity index (χ3v) is 2.05. The van der Waals surface area contributed by atoms with Crippen LogP contribution in [0.4, 0.5) is 0 Å². The first-order valence-corrected chi connectivity index (χ1v) is 5.16. The Labute approximate surface area is 89.8 Å². The van der Waals surface area contributed by atoms with Crippen LogP contribution in [-0.2, 0) is 0 Å². The van der Waals surface area contributed by atoms with Gasteiger partial charge in [-0.25, -0.2) is 0 Å². The van der Waals surface area contributed by atoms with Gasteiger partial charge in [0, 0.05) is 24.7 Å². The highest BCUT2D eigenvalue weighted by atomic mass is 15.0. The van der Waals surface area contributed by atoms with Crippen LogP contribution in [0.25, 0.3) is 0 Å². The van der Waals surface area contributed by atoms with Gasteiger partial charge in [-0.2, -0.15) is 0 Å². The zero-order chi connectivity index (χ0) is 10.3. The fraction of sp³-hybridized carbons (Fsp3) is 1.00. The molecule has 0 unspecified atom stereocenters. The molecule has 88 valence electrons. The molecule has 0 aliphatic rings. The molecule has 0 bridgehead atoms. The standard InChI is InChI=1S/C10H25N3.CH4/c1-9(2)12-7-5-10(3,4)13-8-6-11;/h9,12-13H,5-8,11H2,1-4H3;1H4. The minimum atomic E-state index is 0. The molecule has 4 N–H and O–H groups in total. The molecule has 0 heterocycles. The van der Waals surface area contributed by atoms with E-state index < -0.39 is 0 Å². The molecule has 0 spiro atoms. The number of nitrogens with one attached hydrogen (secondary N) is 2. The molecule has 3 nitrogen and oxygen atoms in total. The largest absolute Gasteiger partial charge is 0.329 e. The van der Waals surface area contributed by atoms with Crippen molar-refractivity contribution in [3.8, 4) is 0 Å². The number of hydrogen-bond acceptors (Lipinski definition) is 3. The average molecular weight is 203 g/mol. The Morgan fingerprint density at radius 2 is 1.79 bits per heavy atom. The van der Waals surface area contributed by atoms with E-state index in [9.17, 15) is 0 Å². The highest BCUT2D eigenvalue weighted by molar-refractivity contribution is 4.78. The summed E-state index contributed by atoms with van der Waals surface area (Å²) in [5, 5.41) is 6.82. The second kappa shape index (κ2) is 8.21. The summed E-state index contributed by atoms with van der Waals surface area (Å²) in [5.41, 5.74) is 5.63. The van der Waals surface area contributed by atoms with Crippen LogP contribution >= 0.6 is 0 Å². The summed E-state index contributed by atoms with van der Waals surface area (Å²) >= 11 is 0. The van der Waals surface area contributed by atoms with Crippen molar-refractivity contribution in [3.05, 3.63) is 0 Å². The van der Waals surface area contributed by atoms with Gasteiger partial charge in [0.05, 0.1) is 0 Å². The Morgan fingerprint density at radius 3 is 2.21 bits per heavy atom. The van der Waals surface area contributed by atoms with Gasteiger partial charge in [-0.05, 0) is 26.8 Å². The zero-order valence-corrected chi connectivity index (χ0v) is 9.48. The van der Waals surface area contributed by atoms with E-state index in [4.69, 9.17) is 5.73 Å². The first-order valence-electron chi connectivity index (χ1n) is 5.16. The van der Waals surface area contributed by atoms with E-state index >= 15 is 0 Å². The maximum absolute atomic E-state index is 5.43. The number of nitrogens with two attached hydrogens (primary N) is 1. The first kappa shape index (κ1) is 16.3. The van der Waals surface area contributed by atoms with Gasteiger partial charge in [0.1, 0.15) is 0 Å². The van der Waals surface area contributed by atoms with E-state index in [2.05, 4.69) is 38.3 Å². The second-order valence-corrected chi connectivity index (χ2v) is 4.46. The average Bonchev–Trinajstić information content (AvgIpc) is 2.00. The molecule has 14 heavy (non-hydrogen) atoms. The lowest BCUT2D eigenvalue weighted by Gasteiger charge is -2.26. The van der Waals surface area contributed by atoms with Gasteiger partial charge in [0.2, 0.25) is 0 Å². The molecule has 0 aromatic carbocycles. The van der Waals surface area contributed by atoms with Gasteiger partial charge in [0.15, 0.2) is 0 Å². The summed E-state index contributed by atoms with van der Waals surface area (Å²) in [6.07, 6.45) is 1.13. The van der Waals surface area contributed by atoms with E-state index in [0.717, 1.165) is 19.5 Å². The van der Waals surface area contributed by atoms with E-state index in [1.807, 2.05) is 0 Å². The quantitative estimate of drug-likeness (QED) is 0.585. The monoisotopic (exact) mass is 203 g/mol. The normalized spacial score (nSPS) is 11.6. The van der Waals surface area contributed by atoms with Gasteiger partial charge >= 0.3 is 0 Å². The molecule has 0 aliphatic carbocycles. The van der Waals surface area contributed by atoms with E-state index in [-0.39, 0.29) is 13.0 Å². The molecule has 0 fully saturated rings. The third kappa shape index (κ3) is 9.96. The van der Waals surface area contributed by atoms with Crippen molar-refractivity contribution in [1.82, 2.24) is 10.6 Å². The number of rotatable bonds is 7. The van der Waals surface area contributed by atoms with Gasteiger partial charge in [-0.1, -0.05) is 21.3 Å². The van der Waals surface area contributed by atoms with Gasteiger partial charge < -0.3 is 16.4 Å². The summed E-state index contributed by atoms with van der Waals surface area (Å²) < 4.78 is 0. The van der Waals surface area contributed by atoms with E-state index in [1.54, 1.807) is 0 Å². The predicted molar refractivity (Wildman–Crippen MR) is 65.6 cm³/mol. The highest BCUT2D eigenvalue weighted by Crippen LogP contribution is 2.06. The minimum Gasteiger partial charge on any atom is -0.329 e. The van der Waals surface area contributed by atoms with Crippen LogP contribution in [0.5, 0.6) is 0 Å². The summed E-state index contributed by atoms with van der Waals surface area (Å²) in [6, 6.07) is 0.574. The highest BCUT2D eigenvalue weighted by Gasteiger charge is 2.15. The van der Waals surface area contributed by atoms with Crippen LogP contribution in [-0.4, -0.2) is 31.2 Å². The van der Waals surface area contributed by atoms with Gasteiger partial charge in [-0.15, -0.1) is 0 Å². The maximum atomic E-state index is 5.43. The zero-order valence-electron chi connectivity index (χ0n) is 9.48. The van der Waals surface area contributed by atoms with Crippen LogP contribution < -0.4 is 16.4 Å². The molecule has 0 atom stereocenters. The van der Waals surface area contributed by atoms with Crippen LogP contribution in [0.2, 0.25) is 0 Å². The van der Waals surface area contributed by atoms with E-state index in [0.29, 0.717) is 12.6 Å². The van der Waals surface area contributed by atoms with Crippen molar-refractivity contribution < 1.29 is 0 Å². The van der Waals surface area contributed by atoms with Crippen molar-refractivity contribution in [2.75, 3.05) is 19.6 Å². The van der Waals surface area contributed by atoms with E-state index in [1.165, 1.54) is 0 Å². The van der Waals surface area contributed by atoms with Crippen molar-refractivity contribution in [3.63, 3.8) is 0 Å². The SMILES string of the molecule is C.CC(C)NCCC(C)(C)NCCN. The molecular formula is C11H29N3. The Kier molecular flexibility index (Phi) is 9.57. The Bertz CT molecular complexity index is 122. The lowest BCUT2D eigenvalue weighted by Crippen LogP contribution is -2.44. The molecular weight excluding hydrogens is 174 g/mol. The number of hydrogen-bond donors (Lipinski definition) is 3. The summed E-state index contributed by atoms with van der Waals surface area (Å²) in [6.45, 7) is 11.4. The molecule has 0 aromatic heterocycles. The molecule has 0 rings (SSSR count). The van der Waals surface area contributed by atoms with Crippen LogP contribution in [0.15, 0.2) is 0 Å². The Morgan fingerprint density at radius 1 is 1.21 bits per heavy atom. The lowest BCUT2D eigenvalue weighted by molar-refractivity contribution is 0.354. The molecule has 0 saturated carbocycles. The van der Waals surface area contributed by atoms with Gasteiger partial charge in [0.25, 0.3) is 0 Å². The van der Waals surface area contributed by atoms with Crippen molar-refractivity contribution in [1.29, 1.82) is 0 Å².